The van der Waals surface area contributed by atoms with E-state index in [1.807, 2.05) is 24.3 Å². The minimum atomic E-state index is -1.45. The molecule has 1 aliphatic rings. The van der Waals surface area contributed by atoms with E-state index < -0.39 is 17.5 Å². The topological polar surface area (TPSA) is 96.5 Å². The average Bonchev–Trinajstić information content (AvgIpc) is 2.55. The third-order valence-electron chi connectivity index (χ3n) is 5.31. The molecule has 1 aromatic carbocycles. The molecule has 2 aromatic rings. The molecular formula is C20H23N3O3. The second-order valence-electron chi connectivity index (χ2n) is 7.00. The van der Waals surface area contributed by atoms with Crippen LogP contribution in [0, 0.1) is 6.92 Å². The molecule has 2 atom stereocenters. The smallest absolute Gasteiger partial charge is 0.408 e. The number of nitrogens with zero attached hydrogens (tertiary/aromatic N) is 2. The van der Waals surface area contributed by atoms with Gasteiger partial charge >= 0.3 is 6.09 Å². The maximum atomic E-state index is 12.7. The zero-order valence-corrected chi connectivity index (χ0v) is 15.1. The maximum Gasteiger partial charge on any atom is 0.408 e. The summed E-state index contributed by atoms with van der Waals surface area (Å²) in [4.78, 5) is 30.0. The van der Waals surface area contributed by atoms with Gasteiger partial charge in [0.2, 0.25) is 5.91 Å². The molecule has 0 bridgehead atoms. The lowest BCUT2D eigenvalue weighted by Crippen LogP contribution is -2.70. The number of aromatic nitrogens is 1. The van der Waals surface area contributed by atoms with Crippen LogP contribution in [0.4, 0.5) is 4.79 Å². The van der Waals surface area contributed by atoms with Crippen molar-refractivity contribution < 1.29 is 14.7 Å². The third kappa shape index (κ3) is 2.44. The fourth-order valence-electron chi connectivity index (χ4n) is 4.10. The van der Waals surface area contributed by atoms with Gasteiger partial charge in [0.05, 0.1) is 0 Å². The second kappa shape index (κ2) is 6.44. The van der Waals surface area contributed by atoms with Crippen molar-refractivity contribution in [1.82, 2.24) is 9.88 Å². The first-order valence-electron chi connectivity index (χ1n) is 8.63. The number of hydrogen-bond acceptors (Lipinski definition) is 3. The number of primary amides is 1. The van der Waals surface area contributed by atoms with Gasteiger partial charge in [-0.25, -0.2) is 4.79 Å². The Hall–Kier alpha value is -2.89. The first-order chi connectivity index (χ1) is 12.3. The van der Waals surface area contributed by atoms with Crippen LogP contribution >= 0.6 is 0 Å². The molecule has 0 aliphatic carbocycles. The highest BCUT2D eigenvalue weighted by molar-refractivity contribution is 5.93. The maximum absolute atomic E-state index is 12.7. The molecule has 26 heavy (non-hydrogen) atoms. The molecule has 0 spiro atoms. The van der Waals surface area contributed by atoms with Gasteiger partial charge in [-0.1, -0.05) is 44.2 Å². The molecule has 2 heterocycles. The number of carbonyl (C=O) groups is 2. The Balaban J connectivity index is 2.26. The molecule has 0 radical (unpaired) electrons. The minimum Gasteiger partial charge on any atom is -0.465 e. The van der Waals surface area contributed by atoms with Gasteiger partial charge in [0.15, 0.2) is 5.54 Å². The SMILES string of the molecule is Cc1ncccc1C1(C(N)=O)C(c2ccccc2C(C)C)CN1C(=O)O. The van der Waals surface area contributed by atoms with Crippen LogP contribution in [-0.4, -0.2) is 33.5 Å². The number of hydrogen-bond donors (Lipinski definition) is 2. The summed E-state index contributed by atoms with van der Waals surface area (Å²) in [5, 5.41) is 9.71. The van der Waals surface area contributed by atoms with Gasteiger partial charge in [-0.3, -0.25) is 14.7 Å². The highest BCUT2D eigenvalue weighted by atomic mass is 16.4. The Kier molecular flexibility index (Phi) is 4.44. The highest BCUT2D eigenvalue weighted by Gasteiger charge is 2.63. The normalized spacial score (nSPS) is 22.2. The number of benzene rings is 1. The van der Waals surface area contributed by atoms with Gasteiger partial charge in [0, 0.05) is 29.9 Å². The van der Waals surface area contributed by atoms with Gasteiger partial charge < -0.3 is 10.8 Å². The van der Waals surface area contributed by atoms with Crippen LogP contribution in [0.5, 0.6) is 0 Å². The van der Waals surface area contributed by atoms with Gasteiger partial charge in [0.25, 0.3) is 0 Å². The van der Waals surface area contributed by atoms with Crippen LogP contribution in [0.15, 0.2) is 42.6 Å². The first kappa shape index (κ1) is 17.9. The summed E-state index contributed by atoms with van der Waals surface area (Å²) in [5.74, 6) is -0.783. The van der Waals surface area contributed by atoms with Crippen LogP contribution in [0.2, 0.25) is 0 Å². The Morgan fingerprint density at radius 2 is 1.96 bits per heavy atom. The summed E-state index contributed by atoms with van der Waals surface area (Å²) < 4.78 is 0. The van der Waals surface area contributed by atoms with Crippen molar-refractivity contribution in [2.45, 2.75) is 38.1 Å². The predicted octanol–water partition coefficient (Wildman–Crippen LogP) is 2.97. The van der Waals surface area contributed by atoms with E-state index in [0.29, 0.717) is 11.3 Å². The van der Waals surface area contributed by atoms with Gasteiger partial charge in [0.1, 0.15) is 0 Å². The van der Waals surface area contributed by atoms with E-state index in [4.69, 9.17) is 5.73 Å². The van der Waals surface area contributed by atoms with E-state index in [9.17, 15) is 14.7 Å². The molecule has 0 saturated carbocycles. The number of carbonyl (C=O) groups excluding carboxylic acids is 1. The van der Waals surface area contributed by atoms with Crippen molar-refractivity contribution in [1.29, 1.82) is 0 Å². The molecule has 1 aromatic heterocycles. The van der Waals surface area contributed by atoms with Crippen LogP contribution in [-0.2, 0) is 10.3 Å². The average molecular weight is 353 g/mol. The lowest BCUT2D eigenvalue weighted by atomic mass is 9.64. The van der Waals surface area contributed by atoms with Crippen LogP contribution in [0.1, 0.15) is 48.1 Å². The zero-order chi connectivity index (χ0) is 19.1. The van der Waals surface area contributed by atoms with Crippen molar-refractivity contribution >= 4 is 12.0 Å². The minimum absolute atomic E-state index is 0.219. The molecule has 136 valence electrons. The molecule has 1 saturated heterocycles. The monoisotopic (exact) mass is 353 g/mol. The molecule has 2 unspecified atom stereocenters. The zero-order valence-electron chi connectivity index (χ0n) is 15.1. The number of aryl methyl sites for hydroxylation is 1. The van der Waals surface area contributed by atoms with Gasteiger partial charge in [-0.05, 0) is 30.0 Å². The number of nitrogens with two attached hydrogens (primary N) is 1. The fourth-order valence-corrected chi connectivity index (χ4v) is 4.10. The van der Waals surface area contributed by atoms with Crippen LogP contribution in [0.3, 0.4) is 0 Å². The molecule has 2 amide bonds. The van der Waals surface area contributed by atoms with Crippen molar-refractivity contribution in [3.05, 3.63) is 65.0 Å². The van der Waals surface area contributed by atoms with Crippen molar-refractivity contribution in [2.75, 3.05) is 6.54 Å². The number of rotatable bonds is 4. The van der Waals surface area contributed by atoms with E-state index in [0.717, 1.165) is 16.0 Å². The molecule has 6 heteroatoms. The van der Waals surface area contributed by atoms with Crippen molar-refractivity contribution in [3.63, 3.8) is 0 Å². The fraction of sp³-hybridized carbons (Fsp3) is 0.350. The van der Waals surface area contributed by atoms with E-state index in [2.05, 4.69) is 18.8 Å². The summed E-state index contributed by atoms with van der Waals surface area (Å²) in [7, 11) is 0. The number of amides is 2. The third-order valence-corrected chi connectivity index (χ3v) is 5.31. The summed E-state index contributed by atoms with van der Waals surface area (Å²) in [6.45, 7) is 6.14. The summed E-state index contributed by atoms with van der Waals surface area (Å²) in [6, 6.07) is 11.3. The standard InChI is InChI=1S/C20H23N3O3/c1-12(2)14-7-4-5-8-15(14)17-11-23(19(25)26)20(17,18(21)24)16-9-6-10-22-13(16)3/h4-10,12,17H,11H2,1-3H3,(H2,21,24)(H,25,26). The Morgan fingerprint density at radius 3 is 2.54 bits per heavy atom. The van der Waals surface area contributed by atoms with Crippen LogP contribution in [0.25, 0.3) is 0 Å². The van der Waals surface area contributed by atoms with E-state index in [1.165, 1.54) is 0 Å². The van der Waals surface area contributed by atoms with Crippen molar-refractivity contribution in [2.24, 2.45) is 5.73 Å². The number of pyridine rings is 1. The Morgan fingerprint density at radius 1 is 1.27 bits per heavy atom. The quantitative estimate of drug-likeness (QED) is 0.883. The molecule has 3 N–H and O–H groups in total. The Labute approximate surface area is 152 Å². The molecule has 1 fully saturated rings. The van der Waals surface area contributed by atoms with E-state index in [1.54, 1.807) is 25.3 Å². The summed E-state index contributed by atoms with van der Waals surface area (Å²) in [6.07, 6.45) is 0.458. The van der Waals surface area contributed by atoms with E-state index >= 15 is 0 Å². The van der Waals surface area contributed by atoms with E-state index in [-0.39, 0.29) is 18.4 Å². The summed E-state index contributed by atoms with van der Waals surface area (Å²) >= 11 is 0. The largest absolute Gasteiger partial charge is 0.465 e. The van der Waals surface area contributed by atoms with Crippen LogP contribution < -0.4 is 5.73 Å². The number of carboxylic acid groups (broad SMARTS) is 1. The lowest BCUT2D eigenvalue weighted by molar-refractivity contribution is -0.141. The molecule has 6 nitrogen and oxygen atoms in total. The van der Waals surface area contributed by atoms with Gasteiger partial charge in [-0.2, -0.15) is 0 Å². The molecular weight excluding hydrogens is 330 g/mol. The molecule has 3 rings (SSSR count). The predicted molar refractivity (Wildman–Crippen MR) is 97.8 cm³/mol. The van der Waals surface area contributed by atoms with Crippen molar-refractivity contribution in [3.8, 4) is 0 Å². The summed E-state index contributed by atoms with van der Waals surface area (Å²) in [5.41, 5.74) is 7.59. The number of likely N-dealkylation sites (tertiary alicyclic amines) is 1. The second-order valence-corrected chi connectivity index (χ2v) is 7.00. The lowest BCUT2D eigenvalue weighted by Gasteiger charge is -2.56. The molecule has 1 aliphatic heterocycles. The first-order valence-corrected chi connectivity index (χ1v) is 8.63. The Bertz CT molecular complexity index is 865. The van der Waals surface area contributed by atoms with Gasteiger partial charge in [-0.15, -0.1) is 0 Å². The highest BCUT2D eigenvalue weighted by Crippen LogP contribution is 2.52.